The molecule has 0 bridgehead atoms. The predicted octanol–water partition coefficient (Wildman–Crippen LogP) is 4.95. The molecular formula is C28H37N3O3S2. The van der Waals surface area contributed by atoms with Gasteiger partial charge in [0.05, 0.1) is 6.04 Å². The number of ether oxygens (including phenoxy) is 1. The van der Waals surface area contributed by atoms with Crippen molar-refractivity contribution in [2.75, 3.05) is 23.1 Å². The highest BCUT2D eigenvalue weighted by Crippen LogP contribution is 2.27. The van der Waals surface area contributed by atoms with Gasteiger partial charge in [0.1, 0.15) is 17.5 Å². The highest BCUT2D eigenvalue weighted by Gasteiger charge is 2.27. The number of benzene rings is 2. The molecule has 2 aliphatic rings. The second kappa shape index (κ2) is 14.5. The molecule has 1 aliphatic carbocycles. The Labute approximate surface area is 223 Å². The first-order valence-electron chi connectivity index (χ1n) is 13.0. The van der Waals surface area contributed by atoms with Crippen molar-refractivity contribution in [3.63, 3.8) is 0 Å². The molecule has 1 saturated carbocycles. The monoisotopic (exact) mass is 527 g/mol. The minimum Gasteiger partial charge on any atom is -0.457 e. The summed E-state index contributed by atoms with van der Waals surface area (Å²) in [4.78, 5) is 26.0. The third-order valence-corrected chi connectivity index (χ3v) is 8.84. The molecule has 36 heavy (non-hydrogen) atoms. The van der Waals surface area contributed by atoms with Crippen molar-refractivity contribution in [1.82, 2.24) is 16.0 Å². The van der Waals surface area contributed by atoms with Crippen LogP contribution in [0.25, 0.3) is 0 Å². The van der Waals surface area contributed by atoms with Gasteiger partial charge in [0.2, 0.25) is 11.8 Å². The summed E-state index contributed by atoms with van der Waals surface area (Å²) >= 11 is 3.59. The number of hydrogen-bond acceptors (Lipinski definition) is 6. The van der Waals surface area contributed by atoms with Crippen LogP contribution in [-0.4, -0.2) is 47.0 Å². The van der Waals surface area contributed by atoms with Gasteiger partial charge in [-0.05, 0) is 66.5 Å². The molecule has 0 aromatic heterocycles. The summed E-state index contributed by atoms with van der Waals surface area (Å²) in [6.45, 7) is 0.405. The van der Waals surface area contributed by atoms with Gasteiger partial charge in [0.25, 0.3) is 0 Å². The van der Waals surface area contributed by atoms with E-state index in [2.05, 4.69) is 16.0 Å². The summed E-state index contributed by atoms with van der Waals surface area (Å²) in [7, 11) is 0. The summed E-state index contributed by atoms with van der Waals surface area (Å²) in [5, 5.41) is 9.32. The van der Waals surface area contributed by atoms with Crippen LogP contribution in [0.3, 0.4) is 0 Å². The van der Waals surface area contributed by atoms with Gasteiger partial charge in [-0.2, -0.15) is 11.8 Å². The fourth-order valence-electron chi connectivity index (χ4n) is 4.53. The number of carbonyl (C=O) groups excluding carboxylic acids is 2. The average molecular weight is 528 g/mol. The molecule has 2 aromatic carbocycles. The van der Waals surface area contributed by atoms with E-state index in [-0.39, 0.29) is 17.9 Å². The van der Waals surface area contributed by atoms with Crippen LogP contribution in [0.2, 0.25) is 0 Å². The normalized spacial score (nSPS) is 19.3. The molecule has 2 atom stereocenters. The van der Waals surface area contributed by atoms with E-state index in [1.807, 2.05) is 54.6 Å². The van der Waals surface area contributed by atoms with Gasteiger partial charge in [-0.15, -0.1) is 11.8 Å². The van der Waals surface area contributed by atoms with E-state index in [1.54, 1.807) is 23.5 Å². The minimum absolute atomic E-state index is 0.0730. The van der Waals surface area contributed by atoms with E-state index in [9.17, 15) is 9.59 Å². The van der Waals surface area contributed by atoms with Crippen molar-refractivity contribution < 1.29 is 14.3 Å². The summed E-state index contributed by atoms with van der Waals surface area (Å²) in [6.07, 6.45) is 7.32. The molecule has 0 spiro atoms. The van der Waals surface area contributed by atoms with Crippen LogP contribution >= 0.6 is 23.5 Å². The Kier molecular flexibility index (Phi) is 10.9. The van der Waals surface area contributed by atoms with Gasteiger partial charge < -0.3 is 15.4 Å². The predicted molar refractivity (Wildman–Crippen MR) is 150 cm³/mol. The number of amides is 2. The maximum absolute atomic E-state index is 13.1. The van der Waals surface area contributed by atoms with Gasteiger partial charge in [0.15, 0.2) is 0 Å². The van der Waals surface area contributed by atoms with Crippen LogP contribution in [0, 0.1) is 5.92 Å². The molecule has 1 aliphatic heterocycles. The van der Waals surface area contributed by atoms with E-state index in [1.165, 1.54) is 32.1 Å². The fourth-order valence-corrected chi connectivity index (χ4v) is 6.67. The molecule has 1 unspecified atom stereocenters. The largest absolute Gasteiger partial charge is 0.457 e. The third-order valence-electron chi connectivity index (χ3n) is 6.66. The Morgan fingerprint density at radius 2 is 1.75 bits per heavy atom. The lowest BCUT2D eigenvalue weighted by atomic mass is 9.91. The number of nitrogens with one attached hydrogen (secondary N) is 3. The van der Waals surface area contributed by atoms with Crippen LogP contribution < -0.4 is 20.7 Å². The van der Waals surface area contributed by atoms with Crippen molar-refractivity contribution in [2.24, 2.45) is 5.92 Å². The van der Waals surface area contributed by atoms with Gasteiger partial charge in [-0.1, -0.05) is 49.6 Å². The number of carbonyl (C=O) groups is 2. The van der Waals surface area contributed by atoms with E-state index in [0.29, 0.717) is 12.3 Å². The molecule has 1 heterocycles. The van der Waals surface area contributed by atoms with Gasteiger partial charge in [-0.25, -0.2) is 0 Å². The van der Waals surface area contributed by atoms with Crippen molar-refractivity contribution in [3.05, 3.63) is 60.2 Å². The fraction of sp³-hybridized carbons (Fsp3) is 0.500. The van der Waals surface area contributed by atoms with E-state index in [0.717, 1.165) is 46.8 Å². The molecule has 0 radical (unpaired) electrons. The zero-order chi connectivity index (χ0) is 25.0. The number of rotatable bonds is 11. The highest BCUT2D eigenvalue weighted by atomic mass is 32.2. The lowest BCUT2D eigenvalue weighted by molar-refractivity contribution is -0.129. The van der Waals surface area contributed by atoms with E-state index < -0.39 is 6.04 Å². The van der Waals surface area contributed by atoms with Crippen LogP contribution in [-0.2, 0) is 16.1 Å². The van der Waals surface area contributed by atoms with Crippen molar-refractivity contribution >= 4 is 35.3 Å². The van der Waals surface area contributed by atoms with Crippen LogP contribution in [0.15, 0.2) is 54.6 Å². The number of para-hydroxylation sites is 1. The zero-order valence-electron chi connectivity index (χ0n) is 20.7. The van der Waals surface area contributed by atoms with Crippen LogP contribution in [0.5, 0.6) is 11.5 Å². The van der Waals surface area contributed by atoms with Gasteiger partial charge >= 0.3 is 0 Å². The molecule has 2 aromatic rings. The van der Waals surface area contributed by atoms with E-state index >= 15 is 0 Å². The molecular weight excluding hydrogens is 490 g/mol. The summed E-state index contributed by atoms with van der Waals surface area (Å²) in [6, 6.07) is 16.6. The standard InChI is InChI=1S/C28H37N3O3S2/c32-27(29-17-21-11-13-24(14-12-21)34-23-9-5-2-6-10-23)26(19-36-18-22-7-3-1-4-8-22)31-28(33)25-15-16-35-20-30-25/h2,5-6,9-14,22,25-26,30H,1,3-4,7-8,15-20H2,(H,29,32)(H,31,33)/t25?,26-/m0/s1. The first-order valence-corrected chi connectivity index (χ1v) is 15.3. The highest BCUT2D eigenvalue weighted by molar-refractivity contribution is 7.99. The Hall–Kier alpha value is -2.16. The summed E-state index contributed by atoms with van der Waals surface area (Å²) in [5.41, 5.74) is 0.981. The maximum atomic E-state index is 13.1. The second-order valence-electron chi connectivity index (χ2n) is 9.48. The van der Waals surface area contributed by atoms with Crippen molar-refractivity contribution in [1.29, 1.82) is 0 Å². The smallest absolute Gasteiger partial charge is 0.243 e. The maximum Gasteiger partial charge on any atom is 0.243 e. The Bertz CT molecular complexity index is 946. The summed E-state index contributed by atoms with van der Waals surface area (Å²) < 4.78 is 5.85. The minimum atomic E-state index is -0.539. The number of thioether (sulfide) groups is 2. The quantitative estimate of drug-likeness (QED) is 0.384. The van der Waals surface area contributed by atoms with E-state index in [4.69, 9.17) is 4.74 Å². The molecule has 3 N–H and O–H groups in total. The lowest BCUT2D eigenvalue weighted by Crippen LogP contribution is -2.54. The third kappa shape index (κ3) is 8.75. The average Bonchev–Trinajstić information content (AvgIpc) is 2.93. The Morgan fingerprint density at radius 3 is 2.47 bits per heavy atom. The van der Waals surface area contributed by atoms with Gasteiger partial charge in [-0.3, -0.25) is 14.9 Å². The molecule has 2 fully saturated rings. The summed E-state index contributed by atoms with van der Waals surface area (Å²) in [5.74, 6) is 5.45. The van der Waals surface area contributed by atoms with Crippen molar-refractivity contribution in [2.45, 2.75) is 57.2 Å². The molecule has 194 valence electrons. The molecule has 1 saturated heterocycles. The zero-order valence-corrected chi connectivity index (χ0v) is 22.4. The number of hydrogen-bond donors (Lipinski definition) is 3. The molecule has 6 nitrogen and oxygen atoms in total. The second-order valence-corrected chi connectivity index (χ2v) is 11.7. The Morgan fingerprint density at radius 1 is 1.00 bits per heavy atom. The van der Waals surface area contributed by atoms with Crippen LogP contribution in [0.1, 0.15) is 44.1 Å². The topological polar surface area (TPSA) is 79.5 Å². The van der Waals surface area contributed by atoms with Crippen molar-refractivity contribution in [3.8, 4) is 11.5 Å². The lowest BCUT2D eigenvalue weighted by Gasteiger charge is -2.26. The molecule has 2 amide bonds. The SMILES string of the molecule is O=C(N[C@@H](CSCC1CCCCC1)C(=O)NCc1ccc(Oc2ccccc2)cc1)C1CCSCN1. The van der Waals surface area contributed by atoms with Gasteiger partial charge in [0, 0.05) is 18.2 Å². The van der Waals surface area contributed by atoms with Crippen LogP contribution in [0.4, 0.5) is 0 Å². The molecule has 4 rings (SSSR count). The Balaban J connectivity index is 1.29. The first-order chi connectivity index (χ1) is 17.7. The molecule has 8 heteroatoms. The first kappa shape index (κ1) is 26.9.